The van der Waals surface area contributed by atoms with E-state index in [1.165, 1.54) is 18.2 Å². The van der Waals surface area contributed by atoms with E-state index < -0.39 is 11.9 Å². The smallest absolute Gasteiger partial charge is 0.330 e. The Morgan fingerprint density at radius 1 is 1.07 bits per heavy atom. The van der Waals surface area contributed by atoms with Crippen molar-refractivity contribution in [3.8, 4) is 5.75 Å². The Hall–Kier alpha value is -4.34. The van der Waals surface area contributed by atoms with E-state index in [2.05, 4.69) is 26.4 Å². The molecule has 0 fully saturated rings. The van der Waals surface area contributed by atoms with Crippen LogP contribution >= 0.6 is 27.5 Å². The summed E-state index contributed by atoms with van der Waals surface area (Å²) in [5.41, 5.74) is 4.22. The lowest BCUT2D eigenvalue weighted by atomic mass is 9.95. The lowest BCUT2D eigenvalue weighted by molar-refractivity contribution is 0.152. The summed E-state index contributed by atoms with van der Waals surface area (Å²) in [7, 11) is 1.62. The minimum atomic E-state index is -0.607. The van der Waals surface area contributed by atoms with Crippen molar-refractivity contribution in [2.45, 2.75) is 19.5 Å². The molecule has 1 atom stereocenters. The van der Waals surface area contributed by atoms with Crippen molar-refractivity contribution in [3.05, 3.63) is 129 Å². The topological polar surface area (TPSA) is 68.1 Å². The molecule has 1 amide bonds. The van der Waals surface area contributed by atoms with Gasteiger partial charge in [-0.05, 0) is 67.1 Å². The number of hydrogen-bond donors (Lipinski definition) is 1. The number of oxime groups is 1. The fraction of sp³-hybridized carbons (Fsp3) is 0.152. The molecule has 0 spiro atoms. The van der Waals surface area contributed by atoms with Crippen LogP contribution in [0.2, 0.25) is 5.02 Å². The molecule has 1 aromatic heterocycles. The van der Waals surface area contributed by atoms with Crippen LogP contribution in [0.15, 0.2) is 101 Å². The zero-order valence-corrected chi connectivity index (χ0v) is 25.7. The monoisotopic (exact) mass is 660 g/mol. The van der Waals surface area contributed by atoms with Crippen LogP contribution in [0, 0.1) is 5.82 Å². The number of carbonyl (C=O) groups excluding carboxylic acids is 1. The molecular weight excluding hydrogens is 635 g/mol. The molecule has 7 nitrogen and oxygen atoms in total. The van der Waals surface area contributed by atoms with Gasteiger partial charge >= 0.3 is 6.03 Å². The minimum Gasteiger partial charge on any atom is -0.497 e. The zero-order chi connectivity index (χ0) is 30.1. The molecule has 1 unspecified atom stereocenters. The van der Waals surface area contributed by atoms with Crippen molar-refractivity contribution in [1.29, 1.82) is 0 Å². The molecule has 0 radical (unpaired) electrons. The molecule has 218 valence electrons. The van der Waals surface area contributed by atoms with Gasteiger partial charge in [0.2, 0.25) is 0 Å². The fourth-order valence-corrected chi connectivity index (χ4v) is 6.12. The normalized spacial score (nSPS) is 15.1. The Morgan fingerprint density at radius 2 is 1.86 bits per heavy atom. The zero-order valence-electron chi connectivity index (χ0n) is 23.4. The Bertz CT molecular complexity index is 1860. The Morgan fingerprint density at radius 3 is 2.63 bits per heavy atom. The largest absolute Gasteiger partial charge is 0.497 e. The van der Waals surface area contributed by atoms with E-state index in [1.807, 2.05) is 78.6 Å². The average molecular weight is 662 g/mol. The number of carbonyl (C=O) groups is 1. The minimum absolute atomic E-state index is 0.345. The van der Waals surface area contributed by atoms with Crippen LogP contribution in [0.4, 0.5) is 14.9 Å². The summed E-state index contributed by atoms with van der Waals surface area (Å²) in [4.78, 5) is 21.3. The van der Waals surface area contributed by atoms with Gasteiger partial charge in [-0.15, -0.1) is 0 Å². The molecule has 4 aromatic carbocycles. The first-order valence-electron chi connectivity index (χ1n) is 13.6. The summed E-state index contributed by atoms with van der Waals surface area (Å²) in [5, 5.41) is 8.95. The number of para-hydroxylation sites is 1. The highest BCUT2D eigenvalue weighted by atomic mass is 79.9. The lowest BCUT2D eigenvalue weighted by Gasteiger charge is -2.29. The maximum atomic E-state index is 14.8. The third kappa shape index (κ3) is 5.58. The van der Waals surface area contributed by atoms with Crippen molar-refractivity contribution in [2.24, 2.45) is 5.16 Å². The molecule has 6 rings (SSSR count). The van der Waals surface area contributed by atoms with Crippen LogP contribution in [0.5, 0.6) is 5.75 Å². The molecular formula is C33H27BrClFN4O3. The van der Waals surface area contributed by atoms with Gasteiger partial charge in [-0.2, -0.15) is 0 Å². The second kappa shape index (κ2) is 12.1. The quantitative estimate of drug-likeness (QED) is 0.178. The SMILES string of the molecule is CCO/N=C1\c2cc(Br)cc(NC(=O)n3ccc4ccccc43)c2C(c2cc(F)ccc2Cl)N1Cc1ccc(OC)cc1. The van der Waals surface area contributed by atoms with Crippen LogP contribution < -0.4 is 10.1 Å². The van der Waals surface area contributed by atoms with Crippen molar-refractivity contribution in [3.63, 3.8) is 0 Å². The Balaban J connectivity index is 1.52. The fourth-order valence-electron chi connectivity index (χ4n) is 5.44. The molecule has 2 heterocycles. The number of amidine groups is 1. The number of amides is 1. The van der Waals surface area contributed by atoms with E-state index in [0.717, 1.165) is 26.7 Å². The number of fused-ring (bicyclic) bond motifs is 2. The highest BCUT2D eigenvalue weighted by Crippen LogP contribution is 2.47. The number of aromatic nitrogens is 1. The summed E-state index contributed by atoms with van der Waals surface area (Å²) >= 11 is 10.4. The number of rotatable bonds is 7. The van der Waals surface area contributed by atoms with E-state index >= 15 is 0 Å². The molecule has 0 bridgehead atoms. The van der Waals surface area contributed by atoms with Gasteiger partial charge in [0.15, 0.2) is 5.84 Å². The lowest BCUT2D eigenvalue weighted by Crippen LogP contribution is -2.30. The molecule has 0 aliphatic carbocycles. The standard InChI is InChI=1S/C33H27BrClFN4O3/c1-3-43-38-32-26-16-22(34)17-28(37-33(41)39-15-14-21-6-4-5-7-29(21)39)30(26)31(25-18-23(36)10-13-27(25)35)40(32)19-20-8-11-24(42-2)12-9-20/h4-18,31H,3,19H2,1-2H3,(H,37,41)/b38-32+. The number of benzene rings is 4. The van der Waals surface area contributed by atoms with Crippen molar-refractivity contribution in [2.75, 3.05) is 19.0 Å². The second-order valence-electron chi connectivity index (χ2n) is 9.97. The van der Waals surface area contributed by atoms with Gasteiger partial charge < -0.3 is 19.8 Å². The van der Waals surface area contributed by atoms with E-state index in [1.54, 1.807) is 17.9 Å². The van der Waals surface area contributed by atoms with Gasteiger partial charge in [-0.1, -0.05) is 63.0 Å². The van der Waals surface area contributed by atoms with Gasteiger partial charge in [-0.3, -0.25) is 4.57 Å². The number of ether oxygens (including phenoxy) is 1. The Labute approximate surface area is 261 Å². The second-order valence-corrected chi connectivity index (χ2v) is 11.3. The van der Waals surface area contributed by atoms with Crippen LogP contribution in [-0.4, -0.2) is 35.1 Å². The van der Waals surface area contributed by atoms with E-state index in [4.69, 9.17) is 21.2 Å². The number of nitrogens with zero attached hydrogens (tertiary/aromatic N) is 3. The maximum Gasteiger partial charge on any atom is 0.330 e. The number of anilines is 1. The van der Waals surface area contributed by atoms with Crippen molar-refractivity contribution >= 4 is 56.0 Å². The molecule has 1 aliphatic heterocycles. The van der Waals surface area contributed by atoms with Gasteiger partial charge in [0, 0.05) is 50.0 Å². The number of nitrogens with one attached hydrogen (secondary N) is 1. The predicted molar refractivity (Wildman–Crippen MR) is 170 cm³/mol. The summed E-state index contributed by atoms with van der Waals surface area (Å²) in [6.45, 7) is 2.58. The molecule has 0 saturated heterocycles. The molecule has 10 heteroatoms. The number of hydrogen-bond acceptors (Lipinski definition) is 4. The van der Waals surface area contributed by atoms with Crippen LogP contribution in [0.3, 0.4) is 0 Å². The molecule has 0 saturated carbocycles. The van der Waals surface area contributed by atoms with E-state index in [9.17, 15) is 9.18 Å². The Kier molecular flexibility index (Phi) is 8.10. The summed E-state index contributed by atoms with van der Waals surface area (Å²) < 4.78 is 22.4. The van der Waals surface area contributed by atoms with Gasteiger partial charge in [0.25, 0.3) is 0 Å². The highest BCUT2D eigenvalue weighted by molar-refractivity contribution is 9.10. The first-order chi connectivity index (χ1) is 20.9. The van der Waals surface area contributed by atoms with Gasteiger partial charge in [0.05, 0.1) is 18.7 Å². The van der Waals surface area contributed by atoms with Crippen molar-refractivity contribution < 1.29 is 18.8 Å². The van der Waals surface area contributed by atoms with Gasteiger partial charge in [-0.25, -0.2) is 9.18 Å². The predicted octanol–water partition coefficient (Wildman–Crippen LogP) is 8.59. The molecule has 1 aliphatic rings. The molecule has 43 heavy (non-hydrogen) atoms. The van der Waals surface area contributed by atoms with Crippen LogP contribution in [0.25, 0.3) is 10.9 Å². The first-order valence-corrected chi connectivity index (χ1v) is 14.8. The summed E-state index contributed by atoms with van der Waals surface area (Å²) in [5.74, 6) is 0.830. The maximum absolute atomic E-state index is 14.8. The number of halogens is 3. The van der Waals surface area contributed by atoms with Crippen LogP contribution in [0.1, 0.15) is 35.2 Å². The van der Waals surface area contributed by atoms with E-state index in [-0.39, 0.29) is 6.03 Å². The average Bonchev–Trinajstić information content (AvgIpc) is 3.57. The van der Waals surface area contributed by atoms with E-state index in [0.29, 0.717) is 46.4 Å². The summed E-state index contributed by atoms with van der Waals surface area (Å²) in [6, 6.07) is 24.3. The van der Waals surface area contributed by atoms with Crippen LogP contribution in [-0.2, 0) is 11.4 Å². The molecule has 1 N–H and O–H groups in total. The van der Waals surface area contributed by atoms with Crippen molar-refractivity contribution in [1.82, 2.24) is 9.47 Å². The van der Waals surface area contributed by atoms with Gasteiger partial charge in [0.1, 0.15) is 18.2 Å². The highest BCUT2D eigenvalue weighted by Gasteiger charge is 2.40. The number of methoxy groups -OCH3 is 1. The molecule has 5 aromatic rings. The third-order valence-electron chi connectivity index (χ3n) is 7.35. The summed E-state index contributed by atoms with van der Waals surface area (Å²) in [6.07, 6.45) is 1.73. The first kappa shape index (κ1) is 28.8. The third-order valence-corrected chi connectivity index (χ3v) is 8.15.